The second-order valence-corrected chi connectivity index (χ2v) is 5.41. The fraction of sp³-hybridized carbons (Fsp3) is 0.800. The summed E-state index contributed by atoms with van der Waals surface area (Å²) in [4.78, 5) is 1.80. The highest BCUT2D eigenvalue weighted by molar-refractivity contribution is 7.15. The Morgan fingerprint density at radius 2 is 1.94 bits per heavy atom. The highest BCUT2D eigenvalue weighted by atomic mass is 32.1. The van der Waals surface area contributed by atoms with Gasteiger partial charge in [0.25, 0.3) is 0 Å². The van der Waals surface area contributed by atoms with Gasteiger partial charge in [0.1, 0.15) is 0 Å². The van der Waals surface area contributed by atoms with Gasteiger partial charge in [0.05, 0.1) is 6.10 Å². The molecule has 1 aromatic rings. The maximum absolute atomic E-state index is 12.4. The number of hydrogen-bond donors (Lipinski definition) is 1. The first-order valence-electron chi connectivity index (χ1n) is 5.71. The summed E-state index contributed by atoms with van der Waals surface area (Å²) in [6.07, 6.45) is -3.27. The average Bonchev–Trinajstić information content (AvgIpc) is 2.78. The van der Waals surface area contributed by atoms with E-state index >= 15 is 0 Å². The number of piperidine rings is 1. The van der Waals surface area contributed by atoms with Gasteiger partial charge in [0.15, 0.2) is 0 Å². The van der Waals surface area contributed by atoms with Crippen molar-refractivity contribution < 1.29 is 18.3 Å². The number of hydrogen-bond acceptors (Lipinski definition) is 5. The predicted molar refractivity (Wildman–Crippen MR) is 61.5 cm³/mol. The summed E-state index contributed by atoms with van der Waals surface area (Å²) in [7, 11) is 0. The number of rotatable bonds is 2. The molecule has 0 radical (unpaired) electrons. The zero-order chi connectivity index (χ0) is 13.3. The van der Waals surface area contributed by atoms with Crippen molar-refractivity contribution in [1.29, 1.82) is 0 Å². The molecule has 0 spiro atoms. The van der Waals surface area contributed by atoms with Crippen LogP contribution in [-0.2, 0) is 6.18 Å². The Kier molecular flexibility index (Phi) is 3.76. The fourth-order valence-electron chi connectivity index (χ4n) is 2.03. The minimum atomic E-state index is -4.42. The number of aliphatic hydroxyl groups is 1. The summed E-state index contributed by atoms with van der Waals surface area (Å²) >= 11 is 0.572. The van der Waals surface area contributed by atoms with Crippen LogP contribution in [0.15, 0.2) is 0 Å². The summed E-state index contributed by atoms with van der Waals surface area (Å²) in [5.41, 5.74) is 0. The van der Waals surface area contributed by atoms with Crippen molar-refractivity contribution in [1.82, 2.24) is 10.2 Å². The van der Waals surface area contributed by atoms with E-state index in [-0.39, 0.29) is 12.0 Å². The minimum absolute atomic E-state index is 0.219. The zero-order valence-corrected chi connectivity index (χ0v) is 10.6. The van der Waals surface area contributed by atoms with Gasteiger partial charge in [0, 0.05) is 13.1 Å². The fourth-order valence-corrected chi connectivity index (χ4v) is 2.79. The lowest BCUT2D eigenvalue weighted by Crippen LogP contribution is -2.36. The molecule has 1 unspecified atom stereocenters. The smallest absolute Gasteiger partial charge is 0.393 e. The van der Waals surface area contributed by atoms with Crippen molar-refractivity contribution in [2.24, 2.45) is 5.92 Å². The van der Waals surface area contributed by atoms with Gasteiger partial charge in [-0.15, -0.1) is 10.2 Å². The molecular weight excluding hydrogens is 267 g/mol. The van der Waals surface area contributed by atoms with Crippen molar-refractivity contribution in [3.63, 3.8) is 0 Å². The zero-order valence-electron chi connectivity index (χ0n) is 9.81. The van der Waals surface area contributed by atoms with E-state index in [2.05, 4.69) is 10.2 Å². The second kappa shape index (κ2) is 5.00. The summed E-state index contributed by atoms with van der Waals surface area (Å²) in [6.45, 7) is 2.97. The molecule has 4 nitrogen and oxygen atoms in total. The molecule has 8 heteroatoms. The quantitative estimate of drug-likeness (QED) is 0.902. The molecule has 102 valence electrons. The average molecular weight is 281 g/mol. The highest BCUT2D eigenvalue weighted by Crippen LogP contribution is 2.35. The molecule has 2 heterocycles. The lowest BCUT2D eigenvalue weighted by molar-refractivity contribution is -0.138. The van der Waals surface area contributed by atoms with E-state index in [9.17, 15) is 18.3 Å². The molecule has 0 saturated carbocycles. The molecule has 1 atom stereocenters. The van der Waals surface area contributed by atoms with Gasteiger partial charge in [-0.1, -0.05) is 11.3 Å². The molecule has 1 aliphatic heterocycles. The second-order valence-electron chi connectivity index (χ2n) is 4.45. The first kappa shape index (κ1) is 13.5. The predicted octanol–water partition coefficient (Wildman–Crippen LogP) is 2.15. The van der Waals surface area contributed by atoms with E-state index < -0.39 is 11.2 Å². The molecule has 0 aromatic carbocycles. The summed E-state index contributed by atoms with van der Waals surface area (Å²) in [6, 6.07) is 0. The summed E-state index contributed by atoms with van der Waals surface area (Å²) in [5.74, 6) is 0.219. The van der Waals surface area contributed by atoms with Gasteiger partial charge in [-0.3, -0.25) is 0 Å². The lowest BCUT2D eigenvalue weighted by atomic mass is 9.92. The summed E-state index contributed by atoms with van der Waals surface area (Å²) < 4.78 is 37.2. The van der Waals surface area contributed by atoms with E-state index in [1.165, 1.54) is 0 Å². The number of halogens is 3. The standard InChI is InChI=1S/C10H14F3N3OS/c1-6(17)7-2-4-16(5-3-7)9-15-14-8(18-9)10(11,12)13/h6-7,17H,2-5H2,1H3. The largest absolute Gasteiger partial charge is 0.445 e. The SMILES string of the molecule is CC(O)C1CCN(c2nnc(C(F)(F)F)s2)CC1. The van der Waals surface area contributed by atoms with Crippen molar-refractivity contribution in [3.8, 4) is 0 Å². The van der Waals surface area contributed by atoms with Crippen LogP contribution in [0.5, 0.6) is 0 Å². The Labute approximate surface area is 106 Å². The molecule has 0 amide bonds. The van der Waals surface area contributed by atoms with Crippen LogP contribution in [0.1, 0.15) is 24.8 Å². The Morgan fingerprint density at radius 3 is 2.39 bits per heavy atom. The van der Waals surface area contributed by atoms with E-state index in [0.29, 0.717) is 29.6 Å². The number of aliphatic hydroxyl groups excluding tert-OH is 1. The minimum Gasteiger partial charge on any atom is -0.393 e. The van der Waals surface area contributed by atoms with Crippen LogP contribution in [0.25, 0.3) is 0 Å². The van der Waals surface area contributed by atoms with E-state index in [4.69, 9.17) is 0 Å². The molecule has 1 aliphatic rings. The molecule has 1 saturated heterocycles. The molecule has 0 bridgehead atoms. The third-order valence-electron chi connectivity index (χ3n) is 3.15. The Bertz CT molecular complexity index is 399. The Hall–Kier alpha value is -0.890. The molecule has 2 rings (SSSR count). The van der Waals surface area contributed by atoms with Crippen molar-refractivity contribution in [2.75, 3.05) is 18.0 Å². The number of aromatic nitrogens is 2. The van der Waals surface area contributed by atoms with Crippen LogP contribution < -0.4 is 4.90 Å². The van der Waals surface area contributed by atoms with E-state index in [1.807, 2.05) is 0 Å². The first-order chi connectivity index (χ1) is 8.38. The highest BCUT2D eigenvalue weighted by Gasteiger charge is 2.36. The molecule has 0 aliphatic carbocycles. The molecule has 1 N–H and O–H groups in total. The van der Waals surface area contributed by atoms with Crippen LogP contribution in [-0.4, -0.2) is 34.5 Å². The van der Waals surface area contributed by atoms with Crippen LogP contribution in [0.2, 0.25) is 0 Å². The maximum atomic E-state index is 12.4. The van der Waals surface area contributed by atoms with Gasteiger partial charge in [-0.2, -0.15) is 13.2 Å². The topological polar surface area (TPSA) is 49.2 Å². The lowest BCUT2D eigenvalue weighted by Gasteiger charge is -2.32. The van der Waals surface area contributed by atoms with Gasteiger partial charge in [0.2, 0.25) is 10.1 Å². The van der Waals surface area contributed by atoms with Crippen molar-refractivity contribution >= 4 is 16.5 Å². The van der Waals surface area contributed by atoms with Crippen LogP contribution in [0.4, 0.5) is 18.3 Å². The van der Waals surface area contributed by atoms with Crippen LogP contribution in [0.3, 0.4) is 0 Å². The van der Waals surface area contributed by atoms with Crippen molar-refractivity contribution in [3.05, 3.63) is 5.01 Å². The summed E-state index contributed by atoms with van der Waals surface area (Å²) in [5, 5.41) is 15.6. The van der Waals surface area contributed by atoms with Crippen LogP contribution >= 0.6 is 11.3 Å². The number of alkyl halides is 3. The number of anilines is 1. The normalized spacial score (nSPS) is 20.2. The molecule has 1 fully saturated rings. The van der Waals surface area contributed by atoms with Crippen molar-refractivity contribution in [2.45, 2.75) is 32.0 Å². The third-order valence-corrected chi connectivity index (χ3v) is 4.18. The van der Waals surface area contributed by atoms with E-state index in [0.717, 1.165) is 12.8 Å². The molecular formula is C10H14F3N3OS. The number of nitrogens with zero attached hydrogens (tertiary/aromatic N) is 3. The van der Waals surface area contributed by atoms with Gasteiger partial charge < -0.3 is 10.0 Å². The van der Waals surface area contributed by atoms with Gasteiger partial charge in [-0.25, -0.2) is 0 Å². The van der Waals surface area contributed by atoms with Gasteiger partial charge in [-0.05, 0) is 25.7 Å². The maximum Gasteiger partial charge on any atom is 0.445 e. The molecule has 1 aromatic heterocycles. The molecule has 18 heavy (non-hydrogen) atoms. The van der Waals surface area contributed by atoms with Gasteiger partial charge >= 0.3 is 6.18 Å². The Balaban J connectivity index is 2.00. The first-order valence-corrected chi connectivity index (χ1v) is 6.53. The third kappa shape index (κ3) is 2.92. The monoisotopic (exact) mass is 281 g/mol. The van der Waals surface area contributed by atoms with E-state index in [1.54, 1.807) is 11.8 Å². The van der Waals surface area contributed by atoms with Crippen LogP contribution in [0, 0.1) is 5.92 Å². The Morgan fingerprint density at radius 1 is 1.33 bits per heavy atom.